The summed E-state index contributed by atoms with van der Waals surface area (Å²) in [4.78, 5) is 25.7. The molecule has 2 rings (SSSR count). The van der Waals surface area contributed by atoms with Crippen LogP contribution in [0.4, 0.5) is 4.79 Å². The highest BCUT2D eigenvalue weighted by atomic mass is 31.2. The number of unbranched alkanes of at least 4 members (excludes halogenated alkanes) is 1. The second kappa shape index (κ2) is 15.6. The summed E-state index contributed by atoms with van der Waals surface area (Å²) in [6, 6.07) is 14.2. The lowest BCUT2D eigenvalue weighted by molar-refractivity contribution is 0.0453. The molecule has 8 nitrogen and oxygen atoms in total. The van der Waals surface area contributed by atoms with Crippen molar-refractivity contribution in [3.8, 4) is 0 Å². The number of aromatic nitrogens is 1. The number of rotatable bonds is 17. The van der Waals surface area contributed by atoms with E-state index in [1.807, 2.05) is 69.6 Å². The van der Waals surface area contributed by atoms with Crippen molar-refractivity contribution in [2.75, 3.05) is 19.4 Å². The largest absolute Gasteiger partial charge is 0.444 e. The van der Waals surface area contributed by atoms with Crippen LogP contribution in [-0.4, -0.2) is 47.0 Å². The molecule has 1 aromatic carbocycles. The van der Waals surface area contributed by atoms with Crippen LogP contribution in [0.15, 0.2) is 42.5 Å². The van der Waals surface area contributed by atoms with Crippen LogP contribution in [0.1, 0.15) is 95.4 Å². The fourth-order valence-corrected chi connectivity index (χ4v) is 6.51. The number of alkyl carbamates (subject to hydrolysis) is 1. The van der Waals surface area contributed by atoms with Crippen LogP contribution in [0.2, 0.25) is 0 Å². The maximum Gasteiger partial charge on any atom is 0.408 e. The minimum absolute atomic E-state index is 0.130. The van der Waals surface area contributed by atoms with Crippen molar-refractivity contribution in [1.29, 1.82) is 0 Å². The lowest BCUT2D eigenvalue weighted by Crippen LogP contribution is -2.49. The molecule has 1 amide bonds. The number of benzene rings is 1. The van der Waals surface area contributed by atoms with Crippen molar-refractivity contribution in [3.05, 3.63) is 59.4 Å². The van der Waals surface area contributed by atoms with E-state index in [0.29, 0.717) is 31.4 Å². The van der Waals surface area contributed by atoms with Gasteiger partial charge in [-0.2, -0.15) is 0 Å². The van der Waals surface area contributed by atoms with Crippen LogP contribution in [-0.2, 0) is 38.2 Å². The van der Waals surface area contributed by atoms with Gasteiger partial charge in [0.25, 0.3) is 0 Å². The molecule has 0 saturated heterocycles. The summed E-state index contributed by atoms with van der Waals surface area (Å²) in [6.07, 6.45) is 4.45. The van der Waals surface area contributed by atoms with Gasteiger partial charge in [0.2, 0.25) is 0 Å². The minimum Gasteiger partial charge on any atom is -0.444 e. The predicted molar refractivity (Wildman–Crippen MR) is 160 cm³/mol. The van der Waals surface area contributed by atoms with E-state index in [-0.39, 0.29) is 25.2 Å². The number of ether oxygens (including phenoxy) is 1. The molecule has 40 heavy (non-hydrogen) atoms. The van der Waals surface area contributed by atoms with Gasteiger partial charge in [-0.1, -0.05) is 30.3 Å². The topological polar surface area (TPSA) is 95.9 Å². The maximum absolute atomic E-state index is 13.1. The molecule has 1 heterocycles. The van der Waals surface area contributed by atoms with Gasteiger partial charge in [-0.05, 0) is 97.8 Å². The number of nitrogens with one attached hydrogen (secondary N) is 1. The van der Waals surface area contributed by atoms with E-state index in [0.717, 1.165) is 25.0 Å². The Balaban J connectivity index is 2.05. The Kier molecular flexibility index (Phi) is 13.1. The zero-order chi connectivity index (χ0) is 29.8. The molecular formula is C31H49N2O6P. The summed E-state index contributed by atoms with van der Waals surface area (Å²) in [5.74, 6) is 0.130. The van der Waals surface area contributed by atoms with Gasteiger partial charge in [-0.25, -0.2) is 4.79 Å². The van der Waals surface area contributed by atoms with E-state index in [2.05, 4.69) is 17.4 Å². The molecule has 224 valence electrons. The summed E-state index contributed by atoms with van der Waals surface area (Å²) in [5, 5.41) is 3.00. The molecule has 0 spiro atoms. The Morgan fingerprint density at radius 2 is 1.55 bits per heavy atom. The van der Waals surface area contributed by atoms with E-state index in [1.54, 1.807) is 13.8 Å². The normalized spacial score (nSPS) is 13.6. The maximum atomic E-state index is 13.1. The molecule has 0 bridgehead atoms. The van der Waals surface area contributed by atoms with Gasteiger partial charge in [-0.3, -0.25) is 9.36 Å². The third-order valence-corrected chi connectivity index (χ3v) is 8.87. The van der Waals surface area contributed by atoms with Gasteiger partial charge >= 0.3 is 13.7 Å². The average Bonchev–Trinajstić information content (AvgIpc) is 3.24. The molecule has 9 heteroatoms. The van der Waals surface area contributed by atoms with Crippen LogP contribution >= 0.6 is 7.60 Å². The van der Waals surface area contributed by atoms with Crippen LogP contribution in [0.25, 0.3) is 0 Å². The summed E-state index contributed by atoms with van der Waals surface area (Å²) >= 11 is 0. The number of amides is 1. The first kappa shape index (κ1) is 33.8. The fraction of sp³-hybridized carbons (Fsp3) is 0.613. The number of ketones is 1. The monoisotopic (exact) mass is 576 g/mol. The second-order valence-corrected chi connectivity index (χ2v) is 13.7. The fourth-order valence-electron chi connectivity index (χ4n) is 4.62. The average molecular weight is 577 g/mol. The quantitative estimate of drug-likeness (QED) is 0.119. The number of carbonyl (C=O) groups excluding carboxylic acids is 2. The molecule has 1 aromatic heterocycles. The Bertz CT molecular complexity index is 1110. The molecule has 0 fully saturated rings. The Morgan fingerprint density at radius 1 is 0.900 bits per heavy atom. The smallest absolute Gasteiger partial charge is 0.408 e. The zero-order valence-corrected chi connectivity index (χ0v) is 26.4. The first-order valence-electron chi connectivity index (χ1n) is 14.4. The highest BCUT2D eigenvalue weighted by Crippen LogP contribution is 2.49. The molecular weight excluding hydrogens is 527 g/mol. The summed E-state index contributed by atoms with van der Waals surface area (Å²) < 4.78 is 31.5. The van der Waals surface area contributed by atoms with Crippen molar-refractivity contribution in [3.63, 3.8) is 0 Å². The van der Waals surface area contributed by atoms with E-state index in [1.165, 1.54) is 5.56 Å². The standard InChI is InChI=1S/C31H49N2O6P/c1-8-37-40(36,38-9-2)24-23-31(6,32-29(35)39-30(3,4)5)22-21-26-19-20-27(33(26)7)28(34)18-14-13-17-25-15-11-10-12-16-25/h10-12,15-16,19-20H,8-9,13-14,17-18,21-24H2,1-7H3,(H,32,35)/t31-/m1/s1. The van der Waals surface area contributed by atoms with Gasteiger partial charge in [0.05, 0.1) is 25.1 Å². The molecule has 1 atom stereocenters. The molecule has 0 aliphatic carbocycles. The Morgan fingerprint density at radius 3 is 2.15 bits per heavy atom. The summed E-state index contributed by atoms with van der Waals surface area (Å²) in [5.41, 5.74) is 1.58. The van der Waals surface area contributed by atoms with Crippen molar-refractivity contribution in [1.82, 2.24) is 9.88 Å². The van der Waals surface area contributed by atoms with Crippen LogP contribution in [0.3, 0.4) is 0 Å². The molecule has 0 unspecified atom stereocenters. The van der Waals surface area contributed by atoms with Crippen LogP contribution in [0, 0.1) is 0 Å². The van der Waals surface area contributed by atoms with Crippen LogP contribution < -0.4 is 5.32 Å². The van der Waals surface area contributed by atoms with E-state index >= 15 is 0 Å². The summed E-state index contributed by atoms with van der Waals surface area (Å²) in [6.45, 7) is 11.5. The van der Waals surface area contributed by atoms with E-state index in [9.17, 15) is 14.2 Å². The van der Waals surface area contributed by atoms with E-state index in [4.69, 9.17) is 13.8 Å². The third kappa shape index (κ3) is 11.6. The minimum atomic E-state index is -3.29. The van der Waals surface area contributed by atoms with Crippen LogP contribution in [0.5, 0.6) is 0 Å². The number of carbonyl (C=O) groups is 2. The van der Waals surface area contributed by atoms with Gasteiger partial charge in [0, 0.05) is 24.7 Å². The van der Waals surface area contributed by atoms with Crippen molar-refractivity contribution >= 4 is 19.5 Å². The summed E-state index contributed by atoms with van der Waals surface area (Å²) in [7, 11) is -1.38. The molecule has 0 radical (unpaired) electrons. The number of hydrogen-bond acceptors (Lipinski definition) is 6. The Hall–Kier alpha value is -2.41. The highest BCUT2D eigenvalue weighted by Gasteiger charge is 2.34. The van der Waals surface area contributed by atoms with E-state index < -0.39 is 24.8 Å². The predicted octanol–water partition coefficient (Wildman–Crippen LogP) is 7.49. The van der Waals surface area contributed by atoms with Gasteiger partial charge < -0.3 is 23.7 Å². The first-order chi connectivity index (χ1) is 18.8. The lowest BCUT2D eigenvalue weighted by atomic mass is 9.92. The van der Waals surface area contributed by atoms with Gasteiger partial charge in [0.1, 0.15) is 5.60 Å². The number of nitrogens with zero attached hydrogens (tertiary/aromatic N) is 1. The molecule has 2 aromatic rings. The molecule has 1 N–H and O–H groups in total. The first-order valence-corrected chi connectivity index (χ1v) is 16.1. The number of Topliss-reactive ketones (excluding diaryl/α,β-unsaturated/α-hetero) is 1. The molecule has 0 aliphatic heterocycles. The molecule has 0 aliphatic rings. The van der Waals surface area contributed by atoms with Crippen molar-refractivity contribution in [2.45, 2.75) is 97.6 Å². The third-order valence-electron chi connectivity index (χ3n) is 6.80. The van der Waals surface area contributed by atoms with Gasteiger partial charge in [-0.15, -0.1) is 0 Å². The number of hydrogen-bond donors (Lipinski definition) is 1. The van der Waals surface area contributed by atoms with Gasteiger partial charge in [0.15, 0.2) is 5.78 Å². The SMILES string of the molecule is CCOP(=O)(CC[C@@](C)(CCc1ccc(C(=O)CCCCc2ccccc2)n1C)NC(=O)OC(C)(C)C)OCC. The second-order valence-electron chi connectivity index (χ2n) is 11.5. The highest BCUT2D eigenvalue weighted by molar-refractivity contribution is 7.53. The molecule has 0 saturated carbocycles. The lowest BCUT2D eigenvalue weighted by Gasteiger charge is -2.33. The van der Waals surface area contributed by atoms with Crippen molar-refractivity contribution in [2.24, 2.45) is 7.05 Å². The Labute approximate surface area is 240 Å². The number of aryl methyl sites for hydroxylation is 2. The van der Waals surface area contributed by atoms with Crippen molar-refractivity contribution < 1.29 is 27.9 Å². The zero-order valence-electron chi connectivity index (χ0n) is 25.5.